The van der Waals surface area contributed by atoms with Crippen molar-refractivity contribution in [1.82, 2.24) is 9.55 Å². The molecule has 0 aliphatic carbocycles. The maximum Gasteiger partial charge on any atom is 0.223 e. The van der Waals surface area contributed by atoms with Gasteiger partial charge in [-0.1, -0.05) is 30.3 Å². The Kier molecular flexibility index (Phi) is 3.72. The molecule has 5 nitrogen and oxygen atoms in total. The van der Waals surface area contributed by atoms with Crippen molar-refractivity contribution < 1.29 is 10.2 Å². The predicted octanol–water partition coefficient (Wildman–Crippen LogP) is 2.10. The Morgan fingerprint density at radius 1 is 1.05 bits per heavy atom. The van der Waals surface area contributed by atoms with E-state index >= 15 is 0 Å². The van der Waals surface area contributed by atoms with Gasteiger partial charge in [-0.2, -0.15) is 0 Å². The van der Waals surface area contributed by atoms with Gasteiger partial charge in [-0.25, -0.2) is 0 Å². The highest BCUT2D eigenvalue weighted by Gasteiger charge is 2.08. The molecule has 5 heteroatoms. The predicted molar refractivity (Wildman–Crippen MR) is 82.9 cm³/mol. The minimum Gasteiger partial charge on any atom is -0.503 e. The molecule has 2 heterocycles. The van der Waals surface area contributed by atoms with Crippen LogP contribution in [0.15, 0.2) is 65.8 Å². The van der Waals surface area contributed by atoms with E-state index in [-0.39, 0.29) is 12.4 Å². The average Bonchev–Trinajstić information content (AvgIpc) is 2.58. The number of aromatic hydroxyl groups is 1. The van der Waals surface area contributed by atoms with Crippen LogP contribution in [-0.4, -0.2) is 19.8 Å². The molecule has 0 saturated heterocycles. The Bertz CT molecular complexity index is 857. The molecule has 0 atom stereocenters. The maximum absolute atomic E-state index is 11.5. The second-order valence-corrected chi connectivity index (χ2v) is 4.84. The number of rotatable bonds is 3. The van der Waals surface area contributed by atoms with E-state index in [0.717, 1.165) is 11.1 Å². The summed E-state index contributed by atoms with van der Waals surface area (Å²) in [6, 6.07) is 12.8. The van der Waals surface area contributed by atoms with Crippen LogP contribution < -0.4 is 5.43 Å². The van der Waals surface area contributed by atoms with Crippen molar-refractivity contribution in [1.29, 1.82) is 0 Å². The summed E-state index contributed by atoms with van der Waals surface area (Å²) in [5.41, 5.74) is 2.43. The molecule has 0 aliphatic rings. The summed E-state index contributed by atoms with van der Waals surface area (Å²) in [7, 11) is 0. The maximum atomic E-state index is 11.5. The van der Waals surface area contributed by atoms with E-state index < -0.39 is 5.43 Å². The van der Waals surface area contributed by atoms with Crippen molar-refractivity contribution in [2.75, 3.05) is 0 Å². The lowest BCUT2D eigenvalue weighted by Crippen LogP contribution is -2.11. The summed E-state index contributed by atoms with van der Waals surface area (Å²) in [6.45, 7) is -0.314. The van der Waals surface area contributed by atoms with Crippen molar-refractivity contribution in [3.63, 3.8) is 0 Å². The number of aromatic nitrogens is 2. The zero-order valence-electron chi connectivity index (χ0n) is 11.7. The molecule has 22 heavy (non-hydrogen) atoms. The van der Waals surface area contributed by atoms with Gasteiger partial charge in [0.25, 0.3) is 0 Å². The van der Waals surface area contributed by atoms with E-state index in [1.165, 1.54) is 12.3 Å². The van der Waals surface area contributed by atoms with Crippen LogP contribution in [0.25, 0.3) is 16.8 Å². The highest BCUT2D eigenvalue weighted by Crippen LogP contribution is 2.22. The molecule has 0 amide bonds. The Morgan fingerprint density at radius 2 is 1.82 bits per heavy atom. The number of aliphatic hydroxyl groups excluding tert-OH is 1. The summed E-state index contributed by atoms with van der Waals surface area (Å²) in [5, 5.41) is 19.1. The van der Waals surface area contributed by atoms with Gasteiger partial charge < -0.3 is 14.8 Å². The molecule has 3 rings (SSSR count). The summed E-state index contributed by atoms with van der Waals surface area (Å²) in [4.78, 5) is 15.7. The highest BCUT2D eigenvalue weighted by molar-refractivity contribution is 5.64. The molecule has 0 spiro atoms. The van der Waals surface area contributed by atoms with Gasteiger partial charge in [0.2, 0.25) is 5.43 Å². The average molecular weight is 294 g/mol. The van der Waals surface area contributed by atoms with Gasteiger partial charge >= 0.3 is 0 Å². The van der Waals surface area contributed by atoms with E-state index in [0.29, 0.717) is 11.4 Å². The molecule has 0 radical (unpaired) electrons. The zero-order chi connectivity index (χ0) is 15.5. The van der Waals surface area contributed by atoms with Crippen LogP contribution in [0.3, 0.4) is 0 Å². The second-order valence-electron chi connectivity index (χ2n) is 4.84. The fraction of sp³-hybridized carbons (Fsp3) is 0.0588. The van der Waals surface area contributed by atoms with E-state index in [4.69, 9.17) is 0 Å². The molecule has 0 saturated carbocycles. The summed E-state index contributed by atoms with van der Waals surface area (Å²) in [6.07, 6.45) is 4.63. The minimum atomic E-state index is -0.521. The molecular formula is C17H14N2O3. The Hall–Kier alpha value is -2.92. The molecule has 0 bridgehead atoms. The van der Waals surface area contributed by atoms with E-state index in [1.54, 1.807) is 17.0 Å². The lowest BCUT2D eigenvalue weighted by molar-refractivity contribution is 0.273. The smallest absolute Gasteiger partial charge is 0.223 e. The monoisotopic (exact) mass is 294 g/mol. The standard InChI is InChI=1S/C17H14N2O3/c20-11-15-7-16(21)17(22)10-19(15)14-6-13(8-18-9-14)12-4-2-1-3-5-12/h1-10,20,22H,11H2. The van der Waals surface area contributed by atoms with Gasteiger partial charge in [0.15, 0.2) is 5.75 Å². The van der Waals surface area contributed by atoms with E-state index in [2.05, 4.69) is 4.98 Å². The van der Waals surface area contributed by atoms with Gasteiger partial charge in [0.05, 0.1) is 30.4 Å². The lowest BCUT2D eigenvalue weighted by Gasteiger charge is -2.13. The third kappa shape index (κ3) is 2.62. The van der Waals surface area contributed by atoms with Crippen LogP contribution in [0.2, 0.25) is 0 Å². The summed E-state index contributed by atoms with van der Waals surface area (Å²) < 4.78 is 1.55. The van der Waals surface area contributed by atoms with Gasteiger partial charge in [-0.05, 0) is 11.6 Å². The Labute approximate surface area is 126 Å². The molecule has 1 aromatic carbocycles. The van der Waals surface area contributed by atoms with Crippen molar-refractivity contribution in [3.8, 4) is 22.6 Å². The fourth-order valence-electron chi connectivity index (χ4n) is 2.27. The molecule has 2 N–H and O–H groups in total. The van der Waals surface area contributed by atoms with Gasteiger partial charge in [0, 0.05) is 17.8 Å². The molecule has 2 aromatic heterocycles. The van der Waals surface area contributed by atoms with E-state index in [9.17, 15) is 15.0 Å². The van der Waals surface area contributed by atoms with Crippen molar-refractivity contribution in [2.45, 2.75) is 6.61 Å². The summed E-state index contributed by atoms with van der Waals surface area (Å²) in [5.74, 6) is -0.373. The molecule has 0 fully saturated rings. The Balaban J connectivity index is 2.14. The van der Waals surface area contributed by atoms with Gasteiger partial charge in [-0.15, -0.1) is 0 Å². The minimum absolute atomic E-state index is 0.314. The van der Waals surface area contributed by atoms with Crippen molar-refractivity contribution >= 4 is 0 Å². The van der Waals surface area contributed by atoms with Crippen LogP contribution in [0.5, 0.6) is 5.75 Å². The molecule has 3 aromatic rings. The first-order valence-corrected chi connectivity index (χ1v) is 6.75. The third-order valence-corrected chi connectivity index (χ3v) is 3.38. The van der Waals surface area contributed by atoms with Gasteiger partial charge in [-0.3, -0.25) is 9.78 Å². The number of aliphatic hydroxyl groups is 1. The fourth-order valence-corrected chi connectivity index (χ4v) is 2.27. The lowest BCUT2D eigenvalue weighted by atomic mass is 10.1. The Morgan fingerprint density at radius 3 is 2.55 bits per heavy atom. The highest BCUT2D eigenvalue weighted by atomic mass is 16.3. The van der Waals surface area contributed by atoms with Crippen LogP contribution in [0.4, 0.5) is 0 Å². The third-order valence-electron chi connectivity index (χ3n) is 3.38. The van der Waals surface area contributed by atoms with Crippen LogP contribution in [0, 0.1) is 0 Å². The first kappa shape index (κ1) is 14.0. The zero-order valence-corrected chi connectivity index (χ0v) is 11.7. The quantitative estimate of drug-likeness (QED) is 0.775. The number of hydrogen-bond donors (Lipinski definition) is 2. The molecule has 0 unspecified atom stereocenters. The molecule has 110 valence electrons. The second kappa shape index (κ2) is 5.83. The van der Waals surface area contributed by atoms with Crippen LogP contribution >= 0.6 is 0 Å². The SMILES string of the molecule is O=c1cc(CO)n(-c2cncc(-c3ccccc3)c2)cc1O. The van der Waals surface area contributed by atoms with Crippen LogP contribution in [0.1, 0.15) is 5.69 Å². The first-order valence-electron chi connectivity index (χ1n) is 6.75. The summed E-state index contributed by atoms with van der Waals surface area (Å²) >= 11 is 0. The molecule has 0 aliphatic heterocycles. The normalized spacial score (nSPS) is 10.6. The number of benzene rings is 1. The topological polar surface area (TPSA) is 75.3 Å². The number of hydrogen-bond acceptors (Lipinski definition) is 4. The van der Waals surface area contributed by atoms with E-state index in [1.807, 2.05) is 36.4 Å². The van der Waals surface area contributed by atoms with Crippen LogP contribution in [-0.2, 0) is 6.61 Å². The van der Waals surface area contributed by atoms with Crippen molar-refractivity contribution in [2.24, 2.45) is 0 Å². The number of pyridine rings is 2. The largest absolute Gasteiger partial charge is 0.503 e. The first-order chi connectivity index (χ1) is 10.7. The molecular weight excluding hydrogens is 280 g/mol. The van der Waals surface area contributed by atoms with Crippen molar-refractivity contribution in [3.05, 3.63) is 77.0 Å². The van der Waals surface area contributed by atoms with Gasteiger partial charge in [0.1, 0.15) is 0 Å². The number of nitrogens with zero attached hydrogens (tertiary/aromatic N) is 2.